The van der Waals surface area contributed by atoms with E-state index in [9.17, 15) is 18.4 Å². The number of alkyl halides is 3. The molecular formula is C17H8F3N9S. The molecule has 4 rings (SSSR count). The molecule has 9 nitrogen and oxygen atoms in total. The molecule has 0 amide bonds. The largest absolute Gasteiger partial charge is 0.435 e. The molecule has 30 heavy (non-hydrogen) atoms. The van der Waals surface area contributed by atoms with Crippen LogP contribution in [0.4, 0.5) is 19.0 Å². The van der Waals surface area contributed by atoms with Gasteiger partial charge in [-0.25, -0.2) is 14.6 Å². The molecule has 0 aliphatic rings. The third-order valence-corrected chi connectivity index (χ3v) is 5.00. The van der Waals surface area contributed by atoms with E-state index in [1.165, 1.54) is 41.6 Å². The van der Waals surface area contributed by atoms with Crippen LogP contribution >= 0.6 is 11.3 Å². The number of nitrogens with zero attached hydrogens (tertiary/aromatic N) is 8. The molecule has 0 aliphatic carbocycles. The first kappa shape index (κ1) is 19.1. The first-order valence-corrected chi connectivity index (χ1v) is 8.87. The third kappa shape index (κ3) is 3.13. The molecule has 0 spiro atoms. The first-order chi connectivity index (χ1) is 14.3. The average Bonchev–Trinajstić information content (AvgIpc) is 3.44. The molecule has 13 heteroatoms. The van der Waals surface area contributed by atoms with Crippen molar-refractivity contribution in [1.29, 1.82) is 10.5 Å². The maximum atomic E-state index is 13.7. The van der Waals surface area contributed by atoms with E-state index < -0.39 is 17.4 Å². The number of nitrogens with two attached hydrogens (primary N) is 1. The van der Waals surface area contributed by atoms with Crippen molar-refractivity contribution < 1.29 is 13.2 Å². The number of rotatable bonds is 3. The van der Waals surface area contributed by atoms with Crippen LogP contribution in [0.25, 0.3) is 22.1 Å². The van der Waals surface area contributed by atoms with E-state index in [1.807, 2.05) is 12.1 Å². The van der Waals surface area contributed by atoms with Crippen molar-refractivity contribution >= 4 is 17.2 Å². The number of nitriles is 2. The summed E-state index contributed by atoms with van der Waals surface area (Å²) in [6, 6.07) is 6.66. The van der Waals surface area contributed by atoms with Crippen molar-refractivity contribution in [1.82, 2.24) is 29.5 Å². The predicted octanol–water partition coefficient (Wildman–Crippen LogP) is 2.92. The molecule has 2 N–H and O–H groups in total. The summed E-state index contributed by atoms with van der Waals surface area (Å²) in [5, 5.41) is 26.0. The molecule has 4 aromatic rings. The van der Waals surface area contributed by atoms with Gasteiger partial charge in [0.2, 0.25) is 0 Å². The molecule has 0 aliphatic heterocycles. The fraction of sp³-hybridized carbons (Fsp3) is 0.0588. The summed E-state index contributed by atoms with van der Waals surface area (Å²) in [6.45, 7) is 0. The second-order valence-corrected chi connectivity index (χ2v) is 6.84. The summed E-state index contributed by atoms with van der Waals surface area (Å²) in [5.41, 5.74) is 4.83. The fourth-order valence-electron chi connectivity index (χ4n) is 2.69. The molecule has 0 saturated carbocycles. The van der Waals surface area contributed by atoms with Crippen LogP contribution in [0.2, 0.25) is 0 Å². The van der Waals surface area contributed by atoms with Crippen molar-refractivity contribution in [3.63, 3.8) is 0 Å². The van der Waals surface area contributed by atoms with E-state index in [2.05, 4.69) is 20.2 Å². The molecule has 0 atom stereocenters. The van der Waals surface area contributed by atoms with Gasteiger partial charge in [0.05, 0.1) is 23.0 Å². The van der Waals surface area contributed by atoms with Crippen LogP contribution in [0.15, 0.2) is 36.9 Å². The van der Waals surface area contributed by atoms with Gasteiger partial charge in [-0.3, -0.25) is 0 Å². The second kappa shape index (κ2) is 6.98. The monoisotopic (exact) mass is 427 g/mol. The van der Waals surface area contributed by atoms with Gasteiger partial charge in [-0.15, -0.1) is 11.3 Å². The lowest BCUT2D eigenvalue weighted by Crippen LogP contribution is -2.09. The Morgan fingerprint density at radius 2 is 1.87 bits per heavy atom. The summed E-state index contributed by atoms with van der Waals surface area (Å²) >= 11 is 0.798. The van der Waals surface area contributed by atoms with Crippen LogP contribution in [0.3, 0.4) is 0 Å². The summed E-state index contributed by atoms with van der Waals surface area (Å²) in [6.07, 6.45) is 0.511. The molecule has 4 aromatic heterocycles. The smallest absolute Gasteiger partial charge is 0.383 e. The molecule has 0 aromatic carbocycles. The Kier molecular flexibility index (Phi) is 4.45. The van der Waals surface area contributed by atoms with Crippen LogP contribution in [-0.4, -0.2) is 29.5 Å². The molecule has 0 radical (unpaired) electrons. The number of halogens is 3. The number of anilines is 1. The highest BCUT2D eigenvalue weighted by molar-refractivity contribution is 7.16. The number of thiophene rings is 1. The summed E-state index contributed by atoms with van der Waals surface area (Å²) in [7, 11) is 0. The van der Waals surface area contributed by atoms with Gasteiger partial charge >= 0.3 is 6.18 Å². The van der Waals surface area contributed by atoms with E-state index in [-0.39, 0.29) is 32.8 Å². The van der Waals surface area contributed by atoms with E-state index >= 15 is 0 Å². The van der Waals surface area contributed by atoms with Gasteiger partial charge in [0.15, 0.2) is 5.69 Å². The van der Waals surface area contributed by atoms with Gasteiger partial charge in [0.1, 0.15) is 22.8 Å². The molecule has 0 bridgehead atoms. The van der Waals surface area contributed by atoms with Crippen LogP contribution in [-0.2, 0) is 6.18 Å². The van der Waals surface area contributed by atoms with E-state index in [0.29, 0.717) is 0 Å². The minimum absolute atomic E-state index is 0.0579. The van der Waals surface area contributed by atoms with Crippen LogP contribution < -0.4 is 5.73 Å². The van der Waals surface area contributed by atoms with Gasteiger partial charge in [-0.2, -0.15) is 38.6 Å². The Hall–Kier alpha value is -4.23. The Morgan fingerprint density at radius 3 is 2.47 bits per heavy atom. The zero-order chi connectivity index (χ0) is 21.5. The van der Waals surface area contributed by atoms with Gasteiger partial charge in [0.25, 0.3) is 5.95 Å². The Bertz CT molecular complexity index is 1320. The number of hydrogen-bond acceptors (Lipinski definition) is 8. The van der Waals surface area contributed by atoms with Gasteiger partial charge < -0.3 is 5.73 Å². The van der Waals surface area contributed by atoms with E-state index in [1.54, 1.807) is 0 Å². The zero-order valence-corrected chi connectivity index (χ0v) is 15.5. The zero-order valence-electron chi connectivity index (χ0n) is 14.7. The molecular weight excluding hydrogens is 419 g/mol. The van der Waals surface area contributed by atoms with Crippen LogP contribution in [0.5, 0.6) is 0 Å². The SMILES string of the molecule is N#Cc1cnn(-c2cc(-c3c(C(F)(F)F)nn(-c4ncccn4)c3N)sc2C#N)c1. The first-order valence-electron chi connectivity index (χ1n) is 8.06. The van der Waals surface area contributed by atoms with Gasteiger partial charge in [-0.05, 0) is 12.1 Å². The normalized spacial score (nSPS) is 11.2. The van der Waals surface area contributed by atoms with E-state index in [0.717, 1.165) is 16.0 Å². The Balaban J connectivity index is 1.94. The molecule has 0 saturated heterocycles. The fourth-order valence-corrected chi connectivity index (χ4v) is 3.69. The summed E-state index contributed by atoms with van der Waals surface area (Å²) in [5.74, 6) is -0.459. The lowest BCUT2D eigenvalue weighted by molar-refractivity contribution is -0.140. The van der Waals surface area contributed by atoms with Crippen LogP contribution in [0, 0.1) is 22.7 Å². The van der Waals surface area contributed by atoms with E-state index in [4.69, 9.17) is 11.0 Å². The number of hydrogen-bond donors (Lipinski definition) is 1. The highest BCUT2D eigenvalue weighted by Gasteiger charge is 2.40. The predicted molar refractivity (Wildman–Crippen MR) is 98.4 cm³/mol. The standard InChI is InChI=1S/C17H8F3N9S/c18-17(19,20)14-13(15(23)29(27-14)16-24-2-1-3-25-16)11-4-10(12(6-22)30-11)28-8-9(5-21)7-26-28/h1-4,7-8H,23H2. The minimum atomic E-state index is -4.82. The molecule has 148 valence electrons. The average molecular weight is 427 g/mol. The van der Waals surface area contributed by atoms with Gasteiger partial charge in [-0.1, -0.05) is 0 Å². The number of nitrogen functional groups attached to an aromatic ring is 1. The van der Waals surface area contributed by atoms with Crippen molar-refractivity contribution in [2.75, 3.05) is 5.73 Å². The van der Waals surface area contributed by atoms with Crippen molar-refractivity contribution in [2.24, 2.45) is 0 Å². The summed E-state index contributed by atoms with van der Waals surface area (Å²) < 4.78 is 43.2. The molecule has 4 heterocycles. The molecule has 0 unspecified atom stereocenters. The maximum absolute atomic E-state index is 13.7. The van der Waals surface area contributed by atoms with Crippen LogP contribution in [0.1, 0.15) is 16.1 Å². The van der Waals surface area contributed by atoms with Gasteiger partial charge in [0, 0.05) is 23.5 Å². The second-order valence-electron chi connectivity index (χ2n) is 5.79. The number of aromatic nitrogens is 6. The van der Waals surface area contributed by atoms with Crippen molar-refractivity contribution in [3.8, 4) is 34.2 Å². The third-order valence-electron chi connectivity index (χ3n) is 3.95. The topological polar surface area (TPSA) is 135 Å². The maximum Gasteiger partial charge on any atom is 0.435 e. The molecule has 0 fully saturated rings. The quantitative estimate of drug-likeness (QED) is 0.531. The lowest BCUT2D eigenvalue weighted by atomic mass is 10.2. The highest BCUT2D eigenvalue weighted by Crippen LogP contribution is 2.44. The van der Waals surface area contributed by atoms with Crippen molar-refractivity contribution in [2.45, 2.75) is 6.18 Å². The Labute approximate surface area is 170 Å². The summed E-state index contributed by atoms with van der Waals surface area (Å²) in [4.78, 5) is 7.92. The lowest BCUT2D eigenvalue weighted by Gasteiger charge is -2.04. The minimum Gasteiger partial charge on any atom is -0.383 e. The highest BCUT2D eigenvalue weighted by atomic mass is 32.1. The van der Waals surface area contributed by atoms with Crippen molar-refractivity contribution in [3.05, 3.63) is 53.1 Å². The Morgan fingerprint density at radius 1 is 1.13 bits per heavy atom.